The van der Waals surface area contributed by atoms with Crippen LogP contribution in [-0.2, 0) is 14.3 Å². The maximum atomic E-state index is 14.4. The molecule has 0 saturated heterocycles. The maximum Gasteiger partial charge on any atom is 0.313 e. The van der Waals surface area contributed by atoms with Gasteiger partial charge >= 0.3 is 5.97 Å². The number of esters is 1. The largest absolute Gasteiger partial charge is 0.469 e. The van der Waals surface area contributed by atoms with Crippen molar-refractivity contribution >= 4 is 27.7 Å². The summed E-state index contributed by atoms with van der Waals surface area (Å²) >= 11 is 3.69. The molecule has 0 radical (unpaired) electrons. The summed E-state index contributed by atoms with van der Waals surface area (Å²) in [4.78, 5) is 27.3. The summed E-state index contributed by atoms with van der Waals surface area (Å²) < 4.78 is 5.31. The predicted octanol–water partition coefficient (Wildman–Crippen LogP) is 6.73. The molecule has 0 unspecified atom stereocenters. The molecule has 0 heterocycles. The minimum absolute atomic E-state index is 0.0340. The summed E-state index contributed by atoms with van der Waals surface area (Å²) in [5.41, 5.74) is 0.0890. The van der Waals surface area contributed by atoms with Crippen molar-refractivity contribution in [3.8, 4) is 0 Å². The van der Waals surface area contributed by atoms with Crippen molar-refractivity contribution in [2.75, 3.05) is 7.11 Å². The van der Waals surface area contributed by atoms with Crippen LogP contribution in [0.15, 0.2) is 11.6 Å². The van der Waals surface area contributed by atoms with Crippen molar-refractivity contribution in [1.29, 1.82) is 0 Å². The van der Waals surface area contributed by atoms with E-state index in [4.69, 9.17) is 4.74 Å². The Balaban J connectivity index is 1.66. The van der Waals surface area contributed by atoms with Crippen LogP contribution in [0.3, 0.4) is 0 Å². The van der Waals surface area contributed by atoms with Crippen LogP contribution >= 0.6 is 15.9 Å². The third kappa shape index (κ3) is 3.08. The number of halogens is 1. The molecule has 5 aliphatic carbocycles. The van der Waals surface area contributed by atoms with E-state index in [1.165, 1.54) is 31.9 Å². The normalized spacial score (nSPS) is 56.4. The first kappa shape index (κ1) is 26.9. The Hall–Kier alpha value is -0.680. The first-order valence-corrected chi connectivity index (χ1v) is 15.2. The zero-order chi connectivity index (χ0) is 26.6. The zero-order valence-corrected chi connectivity index (χ0v) is 25.2. The number of ether oxygens (including phenoxy) is 1. The van der Waals surface area contributed by atoms with Gasteiger partial charge in [-0.25, -0.2) is 0 Å². The minimum Gasteiger partial charge on any atom is -0.469 e. The Labute approximate surface area is 226 Å². The van der Waals surface area contributed by atoms with E-state index in [1.807, 2.05) is 6.92 Å². The van der Waals surface area contributed by atoms with Gasteiger partial charge in [-0.1, -0.05) is 63.0 Å². The molecule has 5 aliphatic rings. The standard InChI is InChI=1S/C31H47BrO4/c1-17-9-11-27(3)13-14-29(5)19(23(27)18(17)2)15-20(33)24-28(4)16-21(34)25(32)31(7,26(35)36-8)22(28)10-12-30(24,29)6/h15,17-18,21-25,34H,9-14,16H2,1-8H3/t17-,18+,21+,22-,23+,24-,25-,27-,28+,29-,30-,31-/m1/s1. The van der Waals surface area contributed by atoms with Gasteiger partial charge in [0.15, 0.2) is 5.78 Å². The van der Waals surface area contributed by atoms with Crippen LogP contribution in [0.4, 0.5) is 0 Å². The van der Waals surface area contributed by atoms with Gasteiger partial charge in [0.25, 0.3) is 0 Å². The Morgan fingerprint density at radius 2 is 1.72 bits per heavy atom. The van der Waals surface area contributed by atoms with E-state index >= 15 is 0 Å². The van der Waals surface area contributed by atoms with E-state index in [0.717, 1.165) is 19.3 Å². The predicted molar refractivity (Wildman–Crippen MR) is 145 cm³/mol. The summed E-state index contributed by atoms with van der Waals surface area (Å²) in [5, 5.41) is 11.3. The molecule has 202 valence electrons. The maximum absolute atomic E-state index is 14.4. The van der Waals surface area contributed by atoms with E-state index in [-0.39, 0.29) is 44.7 Å². The van der Waals surface area contributed by atoms with Crippen molar-refractivity contribution < 1.29 is 19.4 Å². The highest BCUT2D eigenvalue weighted by atomic mass is 79.9. The minimum atomic E-state index is -0.883. The monoisotopic (exact) mass is 562 g/mol. The molecule has 0 aromatic carbocycles. The number of carbonyl (C=O) groups is 2. The third-order valence-electron chi connectivity index (χ3n) is 13.3. The number of hydrogen-bond donors (Lipinski definition) is 1. The fraction of sp³-hybridized carbons (Fsp3) is 0.871. The molecular formula is C31H47BrO4. The van der Waals surface area contributed by atoms with Gasteiger partial charge < -0.3 is 9.84 Å². The van der Waals surface area contributed by atoms with Crippen LogP contribution in [0.25, 0.3) is 0 Å². The van der Waals surface area contributed by atoms with Crippen LogP contribution < -0.4 is 0 Å². The second kappa shape index (κ2) is 8.16. The topological polar surface area (TPSA) is 63.6 Å². The van der Waals surface area contributed by atoms with Crippen molar-refractivity contribution in [3.63, 3.8) is 0 Å². The molecular weight excluding hydrogens is 516 g/mol. The Morgan fingerprint density at radius 1 is 1.06 bits per heavy atom. The number of fused-ring (bicyclic) bond motifs is 7. The lowest BCUT2D eigenvalue weighted by Crippen LogP contribution is -2.69. The third-order valence-corrected chi connectivity index (χ3v) is 14.9. The molecule has 0 aromatic rings. The molecule has 0 aromatic heterocycles. The van der Waals surface area contributed by atoms with Crippen LogP contribution in [0.1, 0.15) is 93.4 Å². The van der Waals surface area contributed by atoms with Crippen LogP contribution in [0, 0.1) is 56.7 Å². The molecule has 4 saturated carbocycles. The summed E-state index contributed by atoms with van der Waals surface area (Å²) in [5.74, 6) is 1.40. The van der Waals surface area contributed by atoms with Crippen molar-refractivity contribution in [1.82, 2.24) is 0 Å². The fourth-order valence-electron chi connectivity index (χ4n) is 10.9. The van der Waals surface area contributed by atoms with E-state index < -0.39 is 16.9 Å². The SMILES string of the molecule is COC(=O)[C@@]1(C)[C@H](Br)[C@@H](O)C[C@@]2(C)[C@H]1CC[C@]1(C)[C@@H]2C(=O)C=C2[C@@H]3[C@@H](C)[C@H](C)CC[C@]3(C)CC[C@]21C. The van der Waals surface area contributed by atoms with Crippen LogP contribution in [0.2, 0.25) is 0 Å². The zero-order valence-electron chi connectivity index (χ0n) is 23.6. The van der Waals surface area contributed by atoms with Gasteiger partial charge in [0, 0.05) is 5.92 Å². The molecule has 5 heteroatoms. The van der Waals surface area contributed by atoms with E-state index in [1.54, 1.807) is 0 Å². The summed E-state index contributed by atoms with van der Waals surface area (Å²) in [6, 6.07) is 0. The van der Waals surface area contributed by atoms with Crippen molar-refractivity contribution in [3.05, 3.63) is 11.6 Å². The molecule has 0 spiro atoms. The molecule has 4 fully saturated rings. The number of alkyl halides is 1. The van der Waals surface area contributed by atoms with E-state index in [0.29, 0.717) is 24.2 Å². The van der Waals surface area contributed by atoms with Crippen molar-refractivity contribution in [2.24, 2.45) is 56.7 Å². The highest BCUT2D eigenvalue weighted by Gasteiger charge is 2.72. The van der Waals surface area contributed by atoms with Crippen molar-refractivity contribution in [2.45, 2.75) is 104 Å². The number of ketones is 1. The van der Waals surface area contributed by atoms with Gasteiger partial charge in [0.05, 0.1) is 23.5 Å². The summed E-state index contributed by atoms with van der Waals surface area (Å²) in [6.45, 7) is 16.3. The number of aliphatic hydroxyl groups excluding tert-OH is 1. The lowest BCUT2D eigenvalue weighted by molar-refractivity contribution is -0.207. The smallest absolute Gasteiger partial charge is 0.313 e. The average molecular weight is 564 g/mol. The van der Waals surface area contributed by atoms with Gasteiger partial charge in [-0.15, -0.1) is 0 Å². The number of methoxy groups -OCH3 is 1. The number of allylic oxidation sites excluding steroid dienone is 2. The number of aliphatic hydroxyl groups is 1. The van der Waals surface area contributed by atoms with E-state index in [9.17, 15) is 14.7 Å². The highest BCUT2D eigenvalue weighted by Crippen LogP contribution is 2.75. The van der Waals surface area contributed by atoms with Gasteiger partial charge in [0.1, 0.15) is 0 Å². The van der Waals surface area contributed by atoms with Gasteiger partial charge in [-0.2, -0.15) is 0 Å². The van der Waals surface area contributed by atoms with E-state index in [2.05, 4.69) is 63.5 Å². The van der Waals surface area contributed by atoms with Gasteiger partial charge in [-0.05, 0) is 103 Å². The lowest BCUT2D eigenvalue weighted by atomic mass is 9.33. The molecule has 5 rings (SSSR count). The molecule has 36 heavy (non-hydrogen) atoms. The number of carbonyl (C=O) groups excluding carboxylic acids is 2. The first-order valence-electron chi connectivity index (χ1n) is 14.3. The molecule has 0 aliphatic heterocycles. The molecule has 0 bridgehead atoms. The second-order valence-corrected chi connectivity index (χ2v) is 15.7. The molecule has 4 nitrogen and oxygen atoms in total. The quantitative estimate of drug-likeness (QED) is 0.284. The summed E-state index contributed by atoms with van der Waals surface area (Å²) in [7, 11) is 1.44. The molecule has 0 amide bonds. The van der Waals surface area contributed by atoms with Gasteiger partial charge in [0.2, 0.25) is 0 Å². The second-order valence-electron chi connectivity index (χ2n) is 14.7. The van der Waals surface area contributed by atoms with Crippen LogP contribution in [-0.4, -0.2) is 34.9 Å². The Kier molecular flexibility index (Phi) is 6.10. The Bertz CT molecular complexity index is 1010. The highest BCUT2D eigenvalue weighted by molar-refractivity contribution is 9.09. The summed E-state index contributed by atoms with van der Waals surface area (Å²) in [6.07, 6.45) is 8.55. The lowest BCUT2D eigenvalue weighted by Gasteiger charge is -2.70. The number of hydrogen-bond acceptors (Lipinski definition) is 4. The van der Waals surface area contributed by atoms with Crippen LogP contribution in [0.5, 0.6) is 0 Å². The Morgan fingerprint density at radius 3 is 2.36 bits per heavy atom. The first-order chi connectivity index (χ1) is 16.6. The molecule has 12 atom stereocenters. The number of rotatable bonds is 1. The fourth-order valence-corrected chi connectivity index (χ4v) is 11.6. The molecule has 1 N–H and O–H groups in total. The van der Waals surface area contributed by atoms with Gasteiger partial charge in [-0.3, -0.25) is 9.59 Å². The average Bonchev–Trinajstić information content (AvgIpc) is 2.81.